The maximum Gasteiger partial charge on any atom is 0.115 e. The minimum absolute atomic E-state index is 0.334. The Kier molecular flexibility index (Phi) is 3.26. The monoisotopic (exact) mass is 253 g/mol. The van der Waals surface area contributed by atoms with Crippen LogP contribution >= 0.6 is 0 Å². The number of benzene rings is 2. The van der Waals surface area contributed by atoms with Gasteiger partial charge < -0.3 is 10.4 Å². The maximum atomic E-state index is 9.42. The third kappa shape index (κ3) is 2.24. The van der Waals surface area contributed by atoms with Crippen molar-refractivity contribution in [3.8, 4) is 5.75 Å². The van der Waals surface area contributed by atoms with E-state index >= 15 is 0 Å². The molecular formula is C17H19NO. The smallest absolute Gasteiger partial charge is 0.115 e. The first-order valence-electron chi connectivity index (χ1n) is 6.84. The molecule has 2 aromatic carbocycles. The van der Waals surface area contributed by atoms with Gasteiger partial charge in [0, 0.05) is 12.0 Å². The molecule has 2 aromatic rings. The molecule has 0 heterocycles. The lowest BCUT2D eigenvalue weighted by Crippen LogP contribution is -2.24. The van der Waals surface area contributed by atoms with Gasteiger partial charge in [0.05, 0.1) is 0 Å². The lowest BCUT2D eigenvalue weighted by Gasteiger charge is -2.31. The predicted octanol–water partition coefficient (Wildman–Crippen LogP) is 3.58. The SMILES string of the molecule is CNC1CCC(c2ccc(O)cc2)c2ccccc21. The van der Waals surface area contributed by atoms with Gasteiger partial charge in [0.15, 0.2) is 0 Å². The van der Waals surface area contributed by atoms with Crippen LogP contribution in [-0.4, -0.2) is 12.2 Å². The van der Waals surface area contributed by atoms with Crippen LogP contribution in [0.25, 0.3) is 0 Å². The fourth-order valence-electron chi connectivity index (χ4n) is 3.14. The normalized spacial score (nSPS) is 21.9. The Balaban J connectivity index is 2.02. The Hall–Kier alpha value is -1.80. The van der Waals surface area contributed by atoms with Crippen molar-refractivity contribution in [1.82, 2.24) is 5.32 Å². The Bertz CT molecular complexity index is 562. The van der Waals surface area contributed by atoms with Gasteiger partial charge in [-0.1, -0.05) is 36.4 Å². The minimum Gasteiger partial charge on any atom is -0.508 e. The molecule has 0 saturated heterocycles. The quantitative estimate of drug-likeness (QED) is 0.857. The second kappa shape index (κ2) is 5.06. The molecule has 0 radical (unpaired) electrons. The van der Waals surface area contributed by atoms with E-state index in [2.05, 4.69) is 29.6 Å². The van der Waals surface area contributed by atoms with Crippen molar-refractivity contribution in [3.05, 3.63) is 65.2 Å². The van der Waals surface area contributed by atoms with Crippen molar-refractivity contribution in [1.29, 1.82) is 0 Å². The van der Waals surface area contributed by atoms with Crippen LogP contribution in [0.2, 0.25) is 0 Å². The van der Waals surface area contributed by atoms with Crippen molar-refractivity contribution in [2.24, 2.45) is 0 Å². The largest absolute Gasteiger partial charge is 0.508 e. The van der Waals surface area contributed by atoms with Crippen LogP contribution in [-0.2, 0) is 0 Å². The molecule has 2 heteroatoms. The first-order valence-corrected chi connectivity index (χ1v) is 6.84. The summed E-state index contributed by atoms with van der Waals surface area (Å²) >= 11 is 0. The van der Waals surface area contributed by atoms with Gasteiger partial charge in [-0.25, -0.2) is 0 Å². The summed E-state index contributed by atoms with van der Waals surface area (Å²) < 4.78 is 0. The summed E-state index contributed by atoms with van der Waals surface area (Å²) in [6.45, 7) is 0. The van der Waals surface area contributed by atoms with Gasteiger partial charge in [-0.15, -0.1) is 0 Å². The fraction of sp³-hybridized carbons (Fsp3) is 0.294. The van der Waals surface area contributed by atoms with Gasteiger partial charge in [-0.05, 0) is 48.7 Å². The van der Waals surface area contributed by atoms with Crippen molar-refractivity contribution >= 4 is 0 Å². The summed E-state index contributed by atoms with van der Waals surface area (Å²) in [6, 6.07) is 16.8. The molecule has 1 aliphatic rings. The molecule has 2 nitrogen and oxygen atoms in total. The van der Waals surface area contributed by atoms with Crippen LogP contribution in [0.4, 0.5) is 0 Å². The standard InChI is InChI=1S/C17H19NO/c1-18-17-11-10-14(12-6-8-13(19)9-7-12)15-4-2-3-5-16(15)17/h2-9,14,17-19H,10-11H2,1H3. The lowest BCUT2D eigenvalue weighted by atomic mass is 9.77. The number of rotatable bonds is 2. The predicted molar refractivity (Wildman–Crippen MR) is 77.4 cm³/mol. The zero-order chi connectivity index (χ0) is 13.2. The van der Waals surface area contributed by atoms with E-state index in [1.165, 1.54) is 16.7 Å². The highest BCUT2D eigenvalue weighted by molar-refractivity contribution is 5.42. The van der Waals surface area contributed by atoms with E-state index in [0.29, 0.717) is 17.7 Å². The average molecular weight is 253 g/mol. The molecule has 0 fully saturated rings. The number of fused-ring (bicyclic) bond motifs is 1. The van der Waals surface area contributed by atoms with Crippen molar-refractivity contribution < 1.29 is 5.11 Å². The number of aromatic hydroxyl groups is 1. The van der Waals surface area contributed by atoms with Gasteiger partial charge in [0.2, 0.25) is 0 Å². The Morgan fingerprint density at radius 1 is 0.947 bits per heavy atom. The summed E-state index contributed by atoms with van der Waals surface area (Å²) in [7, 11) is 2.03. The number of phenols is 1. The summed E-state index contributed by atoms with van der Waals surface area (Å²) in [5, 5.41) is 12.8. The van der Waals surface area contributed by atoms with Crippen LogP contribution in [0, 0.1) is 0 Å². The average Bonchev–Trinajstić information content (AvgIpc) is 2.47. The van der Waals surface area contributed by atoms with Gasteiger partial charge in [0.25, 0.3) is 0 Å². The van der Waals surface area contributed by atoms with Gasteiger partial charge in [-0.2, -0.15) is 0 Å². The topological polar surface area (TPSA) is 32.3 Å². The number of hydrogen-bond acceptors (Lipinski definition) is 2. The number of hydrogen-bond donors (Lipinski definition) is 2. The Labute approximate surface area is 114 Å². The summed E-state index contributed by atoms with van der Waals surface area (Å²) in [6.07, 6.45) is 2.30. The Morgan fingerprint density at radius 2 is 1.63 bits per heavy atom. The summed E-state index contributed by atoms with van der Waals surface area (Å²) in [4.78, 5) is 0. The molecule has 0 aromatic heterocycles. The lowest BCUT2D eigenvalue weighted by molar-refractivity contribution is 0.466. The highest BCUT2D eigenvalue weighted by atomic mass is 16.3. The highest BCUT2D eigenvalue weighted by Gasteiger charge is 2.26. The van der Waals surface area contributed by atoms with E-state index in [1.54, 1.807) is 12.1 Å². The second-order valence-electron chi connectivity index (χ2n) is 5.19. The van der Waals surface area contributed by atoms with Gasteiger partial charge >= 0.3 is 0 Å². The van der Waals surface area contributed by atoms with E-state index in [0.717, 1.165) is 12.8 Å². The zero-order valence-corrected chi connectivity index (χ0v) is 11.1. The van der Waals surface area contributed by atoms with Crippen LogP contribution in [0.15, 0.2) is 48.5 Å². The molecule has 2 atom stereocenters. The zero-order valence-electron chi connectivity index (χ0n) is 11.1. The van der Waals surface area contributed by atoms with Crippen LogP contribution < -0.4 is 5.32 Å². The molecule has 0 spiro atoms. The van der Waals surface area contributed by atoms with Crippen molar-refractivity contribution in [2.45, 2.75) is 24.8 Å². The van der Waals surface area contributed by atoms with E-state index in [9.17, 15) is 5.11 Å². The minimum atomic E-state index is 0.334. The van der Waals surface area contributed by atoms with Crippen molar-refractivity contribution in [3.63, 3.8) is 0 Å². The molecular weight excluding hydrogens is 234 g/mol. The van der Waals surface area contributed by atoms with E-state index in [4.69, 9.17) is 0 Å². The first-order chi connectivity index (χ1) is 9.29. The molecule has 2 unspecified atom stereocenters. The molecule has 0 amide bonds. The molecule has 98 valence electrons. The van der Waals surface area contributed by atoms with Crippen molar-refractivity contribution in [2.75, 3.05) is 7.05 Å². The van der Waals surface area contributed by atoms with E-state index in [-0.39, 0.29) is 0 Å². The summed E-state index contributed by atoms with van der Waals surface area (Å²) in [5.41, 5.74) is 4.12. The van der Waals surface area contributed by atoms with E-state index in [1.807, 2.05) is 19.2 Å². The van der Waals surface area contributed by atoms with Crippen LogP contribution in [0.5, 0.6) is 5.75 Å². The maximum absolute atomic E-state index is 9.42. The molecule has 0 bridgehead atoms. The number of nitrogens with one attached hydrogen (secondary N) is 1. The summed E-state index contributed by atoms with van der Waals surface area (Å²) in [5.74, 6) is 0.780. The molecule has 0 saturated carbocycles. The number of phenolic OH excluding ortho intramolecular Hbond substituents is 1. The Morgan fingerprint density at radius 3 is 2.32 bits per heavy atom. The van der Waals surface area contributed by atoms with Gasteiger partial charge in [0.1, 0.15) is 5.75 Å². The fourth-order valence-corrected chi connectivity index (χ4v) is 3.14. The second-order valence-corrected chi connectivity index (χ2v) is 5.19. The molecule has 3 rings (SSSR count). The molecule has 2 N–H and O–H groups in total. The van der Waals surface area contributed by atoms with Gasteiger partial charge in [-0.3, -0.25) is 0 Å². The molecule has 19 heavy (non-hydrogen) atoms. The molecule has 1 aliphatic carbocycles. The molecule has 0 aliphatic heterocycles. The third-order valence-electron chi connectivity index (χ3n) is 4.13. The van der Waals surface area contributed by atoms with Crippen LogP contribution in [0.1, 0.15) is 41.5 Å². The van der Waals surface area contributed by atoms with Crippen LogP contribution in [0.3, 0.4) is 0 Å². The highest BCUT2D eigenvalue weighted by Crippen LogP contribution is 2.41. The first kappa shape index (κ1) is 12.2. The van der Waals surface area contributed by atoms with E-state index < -0.39 is 0 Å². The third-order valence-corrected chi connectivity index (χ3v) is 4.13.